The number of carbonyl (C=O) groups is 8. The topological polar surface area (TPSA) is 256 Å². The summed E-state index contributed by atoms with van der Waals surface area (Å²) in [5.74, 6) is -5.20. The molecule has 88 heavy (non-hydrogen) atoms. The second kappa shape index (κ2) is 51.9. The number of carbonyl (C=O) groups excluding carboxylic acids is 8. The van der Waals surface area contributed by atoms with Gasteiger partial charge in [0.25, 0.3) is 0 Å². The quantitative estimate of drug-likeness (QED) is 0.0251. The van der Waals surface area contributed by atoms with E-state index in [0.29, 0.717) is 25.7 Å². The van der Waals surface area contributed by atoms with Gasteiger partial charge in [-0.2, -0.15) is 0 Å². The van der Waals surface area contributed by atoms with E-state index in [4.69, 9.17) is 28.4 Å². The van der Waals surface area contributed by atoms with Crippen molar-refractivity contribution in [3.63, 3.8) is 0 Å². The molecule has 10 unspecified atom stereocenters. The van der Waals surface area contributed by atoms with Crippen LogP contribution in [0.2, 0.25) is 0 Å². The minimum Gasteiger partial charge on any atom is -0.459 e. The summed E-state index contributed by atoms with van der Waals surface area (Å²) in [6.45, 7) is 9.25. The molecule has 0 bridgehead atoms. The molecule has 0 aromatic carbocycles. The molecule has 0 aliphatic carbocycles. The van der Waals surface area contributed by atoms with Crippen molar-refractivity contribution >= 4 is 46.9 Å². The highest BCUT2D eigenvalue weighted by Gasteiger charge is 2.51. The number of rotatable bonds is 57. The average molecular weight is 1250 g/mol. The molecule has 18 heteroatoms. The fourth-order valence-electron chi connectivity index (χ4n) is 11.9. The number of Topliss-reactive ketones (excluding diaryl/α,β-unsaturated/α-hetero) is 4. The Balaban J connectivity index is 2.34. The lowest BCUT2D eigenvalue weighted by atomic mass is 9.88. The summed E-state index contributed by atoms with van der Waals surface area (Å²) in [4.78, 5) is 108. The Kier molecular flexibility index (Phi) is 47.4. The maximum Gasteiger partial charge on any atom is 0.313 e. The summed E-state index contributed by atoms with van der Waals surface area (Å²) in [5.41, 5.74) is 0. The lowest BCUT2D eigenvalue weighted by molar-refractivity contribution is -0.297. The van der Waals surface area contributed by atoms with Crippen molar-refractivity contribution in [1.82, 2.24) is 10.6 Å². The Morgan fingerprint density at radius 3 is 1.02 bits per heavy atom. The number of esters is 2. The molecule has 2 fully saturated rings. The molecule has 10 atom stereocenters. The van der Waals surface area contributed by atoms with E-state index in [0.717, 1.165) is 103 Å². The van der Waals surface area contributed by atoms with E-state index < -0.39 is 124 Å². The van der Waals surface area contributed by atoms with Crippen LogP contribution in [0.25, 0.3) is 0 Å². The standard InChI is InChI=1S/C70H124N2O16/c1-7-11-15-19-23-27-31-35-39-43-54(74)47-60(78)71-64-67(87-62(80)49-56(76)45-41-37-33-29-25-21-17-13-9-3)53(5)58(51-73)85-70(64)84-52-59-66(82)68(88-63(81)50-57(77)46-42-38-34-30-26-22-18-14-10-4)65(69(83-6)86-59)72-61(79)48-55(75)44-40-36-32-28-24-20-16-12-8-2/h53,58-59,64-70,73,82H,7-52H2,1-6H3,(H,71,78)(H,72,79). The molecular weight excluding hydrogens is 1120 g/mol. The molecule has 4 N–H and O–H groups in total. The minimum absolute atomic E-state index is 0.158. The van der Waals surface area contributed by atoms with Crippen molar-refractivity contribution < 1.29 is 77.0 Å². The number of hydrogen-bond donors (Lipinski definition) is 4. The zero-order chi connectivity index (χ0) is 64.6. The number of methoxy groups -OCH3 is 1. The summed E-state index contributed by atoms with van der Waals surface area (Å²) >= 11 is 0. The van der Waals surface area contributed by atoms with Gasteiger partial charge >= 0.3 is 11.9 Å². The van der Waals surface area contributed by atoms with Crippen LogP contribution >= 0.6 is 0 Å². The van der Waals surface area contributed by atoms with Gasteiger partial charge < -0.3 is 49.3 Å². The molecule has 2 aliphatic rings. The average Bonchev–Trinajstić information content (AvgIpc) is 3.69. The number of hydrogen-bond acceptors (Lipinski definition) is 16. The number of unbranched alkanes of at least 4 members (excludes halogenated alkanes) is 32. The molecule has 2 aliphatic heterocycles. The highest BCUT2D eigenvalue weighted by atomic mass is 16.7. The molecule has 510 valence electrons. The lowest BCUT2D eigenvalue weighted by Crippen LogP contribution is -2.67. The van der Waals surface area contributed by atoms with Gasteiger partial charge in [0.05, 0.1) is 32.2 Å². The van der Waals surface area contributed by atoms with Gasteiger partial charge in [-0.05, 0) is 25.7 Å². The van der Waals surface area contributed by atoms with Crippen molar-refractivity contribution in [2.24, 2.45) is 5.92 Å². The van der Waals surface area contributed by atoms with Crippen molar-refractivity contribution in [3.8, 4) is 0 Å². The summed E-state index contributed by atoms with van der Waals surface area (Å²) in [6, 6.07) is -2.68. The van der Waals surface area contributed by atoms with Crippen LogP contribution in [0.4, 0.5) is 0 Å². The Bertz CT molecular complexity index is 1900. The van der Waals surface area contributed by atoms with Crippen LogP contribution in [0.3, 0.4) is 0 Å². The Hall–Kier alpha value is -3.68. The van der Waals surface area contributed by atoms with Crippen molar-refractivity contribution in [2.75, 3.05) is 20.3 Å². The predicted molar refractivity (Wildman–Crippen MR) is 342 cm³/mol. The third kappa shape index (κ3) is 37.0. The number of aliphatic hydroxyl groups excluding tert-OH is 2. The molecule has 0 spiro atoms. The zero-order valence-electron chi connectivity index (χ0n) is 55.9. The predicted octanol–water partition coefficient (Wildman–Crippen LogP) is 13.4. The van der Waals surface area contributed by atoms with E-state index in [9.17, 15) is 48.6 Å². The second-order valence-electron chi connectivity index (χ2n) is 25.5. The van der Waals surface area contributed by atoms with Crippen LogP contribution in [0.1, 0.15) is 317 Å². The highest BCUT2D eigenvalue weighted by molar-refractivity contribution is 5.99. The monoisotopic (exact) mass is 1250 g/mol. The maximum absolute atomic E-state index is 13.9. The first-order chi connectivity index (χ1) is 42.6. The van der Waals surface area contributed by atoms with E-state index in [2.05, 4.69) is 38.3 Å². The Morgan fingerprint density at radius 1 is 0.398 bits per heavy atom. The number of ether oxygens (including phenoxy) is 6. The first kappa shape index (κ1) is 80.4. The maximum atomic E-state index is 13.9. The zero-order valence-corrected chi connectivity index (χ0v) is 55.9. The summed E-state index contributed by atoms with van der Waals surface area (Å²) in [5, 5.41) is 28.3. The minimum atomic E-state index is -1.76. The van der Waals surface area contributed by atoms with Gasteiger partial charge in [-0.25, -0.2) is 0 Å². The van der Waals surface area contributed by atoms with Gasteiger partial charge in [-0.1, -0.05) is 240 Å². The van der Waals surface area contributed by atoms with Crippen LogP contribution < -0.4 is 10.6 Å². The van der Waals surface area contributed by atoms with E-state index in [1.165, 1.54) is 110 Å². The van der Waals surface area contributed by atoms with Crippen LogP contribution in [-0.4, -0.2) is 133 Å². The summed E-state index contributed by atoms with van der Waals surface area (Å²) in [7, 11) is 1.28. The SMILES string of the molecule is CCCCCCCCCCCC(=O)CC(=O)NC1C(OCC2OC(OC)C(NC(=O)CC(=O)CCCCCCCCCCC)C(OC(=O)CC(=O)CCCCCCCCCCC)C2O)OC(CO)C(C)C1OC(=O)CC(=O)CCCCCCCCCCC. The largest absolute Gasteiger partial charge is 0.459 e. The smallest absolute Gasteiger partial charge is 0.313 e. The summed E-state index contributed by atoms with van der Waals surface area (Å²) < 4.78 is 36.4. The fourth-order valence-corrected chi connectivity index (χ4v) is 11.9. The van der Waals surface area contributed by atoms with E-state index in [1.54, 1.807) is 6.92 Å². The van der Waals surface area contributed by atoms with E-state index in [-0.39, 0.29) is 48.8 Å². The first-order valence-electron chi connectivity index (χ1n) is 35.4. The molecule has 0 saturated carbocycles. The number of nitrogens with one attached hydrogen (secondary N) is 2. The molecule has 2 rings (SSSR count). The van der Waals surface area contributed by atoms with E-state index in [1.807, 2.05) is 0 Å². The van der Waals surface area contributed by atoms with Crippen molar-refractivity contribution in [2.45, 2.75) is 372 Å². The number of ketones is 4. The highest BCUT2D eigenvalue weighted by Crippen LogP contribution is 2.32. The molecule has 0 aromatic rings. The molecule has 2 amide bonds. The molecule has 2 saturated heterocycles. The van der Waals surface area contributed by atoms with Gasteiger partial charge in [-0.15, -0.1) is 0 Å². The van der Waals surface area contributed by atoms with Crippen molar-refractivity contribution in [1.29, 1.82) is 0 Å². The van der Waals surface area contributed by atoms with Crippen LogP contribution in [0, 0.1) is 5.92 Å². The third-order valence-corrected chi connectivity index (χ3v) is 17.4. The molecule has 0 aromatic heterocycles. The van der Waals surface area contributed by atoms with Gasteiger partial charge in [0.1, 0.15) is 66.4 Å². The normalized spacial score (nSPS) is 21.8. The lowest BCUT2D eigenvalue weighted by Gasteiger charge is -2.46. The summed E-state index contributed by atoms with van der Waals surface area (Å²) in [6.07, 6.45) is 26.8. The van der Waals surface area contributed by atoms with Gasteiger partial charge in [0.2, 0.25) is 11.8 Å². The molecule has 18 nitrogen and oxygen atoms in total. The molecule has 0 radical (unpaired) electrons. The van der Waals surface area contributed by atoms with Gasteiger partial charge in [0, 0.05) is 38.7 Å². The molecule has 2 heterocycles. The van der Waals surface area contributed by atoms with Crippen LogP contribution in [0.15, 0.2) is 0 Å². The van der Waals surface area contributed by atoms with Crippen LogP contribution in [-0.2, 0) is 66.8 Å². The number of amides is 2. The second-order valence-corrected chi connectivity index (χ2v) is 25.5. The number of aliphatic hydroxyl groups is 2. The Labute approximate surface area is 531 Å². The first-order valence-corrected chi connectivity index (χ1v) is 35.4. The van der Waals surface area contributed by atoms with Gasteiger partial charge in [-0.3, -0.25) is 38.4 Å². The van der Waals surface area contributed by atoms with Crippen molar-refractivity contribution in [3.05, 3.63) is 0 Å². The van der Waals surface area contributed by atoms with Gasteiger partial charge in [0.15, 0.2) is 18.7 Å². The third-order valence-electron chi connectivity index (χ3n) is 17.4. The fraction of sp³-hybridized carbons (Fsp3) is 0.886. The molecular formula is C70H124N2O16. The van der Waals surface area contributed by atoms with Crippen LogP contribution in [0.5, 0.6) is 0 Å². The Morgan fingerprint density at radius 2 is 0.693 bits per heavy atom. The van der Waals surface area contributed by atoms with E-state index >= 15 is 0 Å².